The number of nitrogens with zero attached hydrogens (tertiary/aromatic N) is 3. The predicted molar refractivity (Wildman–Crippen MR) is 94.1 cm³/mol. The number of hydrogen-bond acceptors (Lipinski definition) is 2. The molecule has 2 aromatic rings. The standard InChI is InChI=1S/C17H17BrClN3/c1-10-17-16(7-12(18)8-20-17)22(21-10)9-14-13(11-5-6-11)3-2-4-15(14)19/h2-4,8,11-12H,5-7,9H2,1H3. The third-order valence-corrected chi connectivity index (χ3v) is 5.35. The average molecular weight is 379 g/mol. The number of halogens is 2. The molecule has 22 heavy (non-hydrogen) atoms. The highest BCUT2D eigenvalue weighted by Gasteiger charge is 2.28. The van der Waals surface area contributed by atoms with Crippen LogP contribution in [-0.2, 0) is 13.0 Å². The summed E-state index contributed by atoms with van der Waals surface area (Å²) in [7, 11) is 0. The molecule has 1 atom stereocenters. The Kier molecular flexibility index (Phi) is 3.61. The van der Waals surface area contributed by atoms with Crippen LogP contribution < -0.4 is 0 Å². The highest BCUT2D eigenvalue weighted by Crippen LogP contribution is 2.43. The molecule has 1 aromatic heterocycles. The Balaban J connectivity index is 1.75. The van der Waals surface area contributed by atoms with Crippen LogP contribution in [-0.4, -0.2) is 20.8 Å². The van der Waals surface area contributed by atoms with Crippen molar-refractivity contribution >= 4 is 39.4 Å². The van der Waals surface area contributed by atoms with Crippen LogP contribution in [0.2, 0.25) is 5.02 Å². The fourth-order valence-corrected chi connectivity index (χ4v) is 3.85. The molecule has 1 aromatic carbocycles. The zero-order valence-electron chi connectivity index (χ0n) is 12.4. The second-order valence-electron chi connectivity index (χ2n) is 6.12. The van der Waals surface area contributed by atoms with Gasteiger partial charge in [0.2, 0.25) is 0 Å². The van der Waals surface area contributed by atoms with Crippen molar-refractivity contribution in [1.29, 1.82) is 0 Å². The van der Waals surface area contributed by atoms with Crippen LogP contribution in [0, 0.1) is 6.92 Å². The number of aryl methyl sites for hydroxylation is 1. The summed E-state index contributed by atoms with van der Waals surface area (Å²) in [6.07, 6.45) is 5.42. The van der Waals surface area contributed by atoms with Gasteiger partial charge in [0.15, 0.2) is 0 Å². The van der Waals surface area contributed by atoms with E-state index in [0.717, 1.165) is 29.4 Å². The van der Waals surface area contributed by atoms with Gasteiger partial charge in [-0.15, -0.1) is 0 Å². The maximum atomic E-state index is 6.49. The first kappa shape index (κ1) is 14.5. The van der Waals surface area contributed by atoms with E-state index >= 15 is 0 Å². The molecule has 0 saturated heterocycles. The lowest BCUT2D eigenvalue weighted by Crippen LogP contribution is -2.15. The largest absolute Gasteiger partial charge is 0.263 e. The molecule has 0 amide bonds. The van der Waals surface area contributed by atoms with Crippen LogP contribution in [0.25, 0.3) is 0 Å². The van der Waals surface area contributed by atoms with Crippen LogP contribution in [0.1, 0.15) is 41.3 Å². The average Bonchev–Trinajstić information content (AvgIpc) is 3.28. The van der Waals surface area contributed by atoms with Crippen LogP contribution in [0.3, 0.4) is 0 Å². The van der Waals surface area contributed by atoms with Crippen molar-refractivity contribution in [2.45, 2.75) is 43.5 Å². The van der Waals surface area contributed by atoms with E-state index in [1.165, 1.54) is 29.7 Å². The Morgan fingerprint density at radius 2 is 2.18 bits per heavy atom. The third kappa shape index (κ3) is 2.52. The van der Waals surface area contributed by atoms with Crippen LogP contribution in [0.4, 0.5) is 5.69 Å². The molecule has 4 rings (SSSR count). The molecule has 3 nitrogen and oxygen atoms in total. The van der Waals surface area contributed by atoms with E-state index in [-0.39, 0.29) is 4.83 Å². The molecule has 0 bridgehead atoms. The monoisotopic (exact) mass is 377 g/mol. The summed E-state index contributed by atoms with van der Waals surface area (Å²) in [6, 6.07) is 6.26. The van der Waals surface area contributed by atoms with Crippen molar-refractivity contribution in [3.63, 3.8) is 0 Å². The number of alkyl halides is 1. The molecule has 1 saturated carbocycles. The zero-order chi connectivity index (χ0) is 15.3. The molecule has 1 fully saturated rings. The van der Waals surface area contributed by atoms with Crippen molar-refractivity contribution in [1.82, 2.24) is 9.78 Å². The fourth-order valence-electron chi connectivity index (χ4n) is 3.18. The Morgan fingerprint density at radius 3 is 2.95 bits per heavy atom. The van der Waals surface area contributed by atoms with Gasteiger partial charge >= 0.3 is 0 Å². The van der Waals surface area contributed by atoms with Crippen molar-refractivity contribution in [2.75, 3.05) is 0 Å². The van der Waals surface area contributed by atoms with Gasteiger partial charge < -0.3 is 0 Å². The Labute approximate surface area is 143 Å². The lowest BCUT2D eigenvalue weighted by molar-refractivity contribution is 0.638. The van der Waals surface area contributed by atoms with Crippen LogP contribution in [0.15, 0.2) is 23.2 Å². The summed E-state index contributed by atoms with van der Waals surface area (Å²) >= 11 is 10.1. The highest BCUT2D eigenvalue weighted by molar-refractivity contribution is 9.10. The van der Waals surface area contributed by atoms with E-state index in [1.807, 2.05) is 19.2 Å². The van der Waals surface area contributed by atoms with E-state index in [9.17, 15) is 0 Å². The molecule has 0 radical (unpaired) electrons. The van der Waals surface area contributed by atoms with Crippen molar-refractivity contribution in [3.8, 4) is 0 Å². The number of benzene rings is 1. The van der Waals surface area contributed by atoms with E-state index in [4.69, 9.17) is 16.7 Å². The lowest BCUT2D eigenvalue weighted by atomic mass is 10.0. The maximum absolute atomic E-state index is 6.49. The van der Waals surface area contributed by atoms with Gasteiger partial charge in [-0.3, -0.25) is 9.67 Å². The molecule has 1 aliphatic heterocycles. The minimum absolute atomic E-state index is 0.281. The molecular weight excluding hydrogens is 362 g/mol. The van der Waals surface area contributed by atoms with Gasteiger partial charge in [-0.1, -0.05) is 39.7 Å². The van der Waals surface area contributed by atoms with Gasteiger partial charge in [-0.05, 0) is 42.9 Å². The molecule has 2 heterocycles. The molecule has 0 spiro atoms. The summed E-state index contributed by atoms with van der Waals surface area (Å²) in [5.74, 6) is 0.683. The van der Waals surface area contributed by atoms with Gasteiger partial charge in [0, 0.05) is 17.7 Å². The quantitative estimate of drug-likeness (QED) is 0.706. The van der Waals surface area contributed by atoms with E-state index in [0.29, 0.717) is 5.92 Å². The van der Waals surface area contributed by atoms with Crippen molar-refractivity contribution < 1.29 is 0 Å². The minimum Gasteiger partial charge on any atom is -0.263 e. The van der Waals surface area contributed by atoms with Crippen LogP contribution in [0.5, 0.6) is 0 Å². The Bertz CT molecular complexity index is 762. The molecule has 1 unspecified atom stereocenters. The number of aliphatic imine (C=N–C) groups is 1. The number of hydrogen-bond donors (Lipinski definition) is 0. The first-order chi connectivity index (χ1) is 10.6. The summed E-state index contributed by atoms with van der Waals surface area (Å²) in [5, 5.41) is 5.56. The second-order valence-corrected chi connectivity index (χ2v) is 7.70. The number of fused-ring (bicyclic) bond motifs is 1. The van der Waals surface area contributed by atoms with Crippen LogP contribution >= 0.6 is 27.5 Å². The topological polar surface area (TPSA) is 30.2 Å². The SMILES string of the molecule is Cc1nn(Cc2c(Cl)cccc2C2CC2)c2c1N=CC(Br)C2. The van der Waals surface area contributed by atoms with Gasteiger partial charge in [0.05, 0.1) is 22.8 Å². The van der Waals surface area contributed by atoms with Gasteiger partial charge in [-0.25, -0.2) is 0 Å². The summed E-state index contributed by atoms with van der Waals surface area (Å²) in [4.78, 5) is 4.82. The number of aromatic nitrogens is 2. The third-order valence-electron chi connectivity index (χ3n) is 4.43. The van der Waals surface area contributed by atoms with Gasteiger partial charge in [0.25, 0.3) is 0 Å². The lowest BCUT2D eigenvalue weighted by Gasteiger charge is -2.16. The number of rotatable bonds is 3. The molecular formula is C17H17BrClN3. The van der Waals surface area contributed by atoms with Gasteiger partial charge in [-0.2, -0.15) is 5.10 Å². The van der Waals surface area contributed by atoms with E-state index in [2.05, 4.69) is 37.7 Å². The smallest absolute Gasteiger partial charge is 0.107 e. The normalized spacial score (nSPS) is 20.2. The molecule has 5 heteroatoms. The minimum atomic E-state index is 0.281. The van der Waals surface area contributed by atoms with E-state index < -0.39 is 0 Å². The molecule has 0 N–H and O–H groups in total. The second kappa shape index (κ2) is 5.50. The highest BCUT2D eigenvalue weighted by atomic mass is 79.9. The zero-order valence-corrected chi connectivity index (χ0v) is 14.7. The summed E-state index contributed by atoms with van der Waals surface area (Å²) in [6.45, 7) is 2.76. The van der Waals surface area contributed by atoms with Gasteiger partial charge in [0.1, 0.15) is 5.69 Å². The Hall–Kier alpha value is -1.13. The Morgan fingerprint density at radius 1 is 1.36 bits per heavy atom. The maximum Gasteiger partial charge on any atom is 0.107 e. The molecule has 114 valence electrons. The first-order valence-electron chi connectivity index (χ1n) is 7.65. The molecule has 1 aliphatic carbocycles. The predicted octanol–water partition coefficient (Wildman–Crippen LogP) is 4.79. The van der Waals surface area contributed by atoms with Crippen molar-refractivity contribution in [3.05, 3.63) is 45.7 Å². The first-order valence-corrected chi connectivity index (χ1v) is 8.94. The molecule has 2 aliphatic rings. The summed E-state index contributed by atoms with van der Waals surface area (Å²) < 4.78 is 2.09. The van der Waals surface area contributed by atoms with Crippen molar-refractivity contribution in [2.24, 2.45) is 4.99 Å². The summed E-state index contributed by atoms with van der Waals surface area (Å²) in [5.41, 5.74) is 5.83. The fraction of sp³-hybridized carbons (Fsp3) is 0.412. The van der Waals surface area contributed by atoms with E-state index in [1.54, 1.807) is 0 Å².